The van der Waals surface area contributed by atoms with E-state index >= 15 is 0 Å². The van der Waals surface area contributed by atoms with Crippen LogP contribution in [0.4, 0.5) is 5.69 Å². The Bertz CT molecular complexity index is 691. The predicted octanol–water partition coefficient (Wildman–Crippen LogP) is 2.52. The number of anilines is 1. The van der Waals surface area contributed by atoms with E-state index in [9.17, 15) is 4.79 Å². The lowest BCUT2D eigenvalue weighted by Crippen LogP contribution is -2.13. The second-order valence-corrected chi connectivity index (χ2v) is 4.19. The van der Waals surface area contributed by atoms with Crippen molar-refractivity contribution in [3.8, 4) is 5.69 Å². The van der Waals surface area contributed by atoms with Crippen LogP contribution in [-0.2, 0) is 0 Å². The number of rotatable bonds is 3. The molecule has 0 radical (unpaired) electrons. The number of pyridine rings is 1. The fraction of sp³-hybridized carbons (Fsp3) is 0. The minimum atomic E-state index is -0.221. The number of aromatic nitrogens is 3. The summed E-state index contributed by atoms with van der Waals surface area (Å²) in [5.41, 5.74) is 2.11. The van der Waals surface area contributed by atoms with Gasteiger partial charge in [0.2, 0.25) is 0 Å². The van der Waals surface area contributed by atoms with Gasteiger partial charge in [-0.1, -0.05) is 6.07 Å². The van der Waals surface area contributed by atoms with Crippen molar-refractivity contribution in [3.05, 3.63) is 73.1 Å². The summed E-state index contributed by atoms with van der Waals surface area (Å²) in [6.45, 7) is 0. The summed E-state index contributed by atoms with van der Waals surface area (Å²) in [6, 6.07) is 12.7. The molecule has 5 heteroatoms. The lowest BCUT2D eigenvalue weighted by atomic mass is 10.2. The number of carbonyl (C=O) groups excluding carboxylic acids is 1. The first-order chi connectivity index (χ1) is 9.83. The first-order valence-corrected chi connectivity index (χ1v) is 6.14. The Labute approximate surface area is 115 Å². The number of amides is 1. The average Bonchev–Trinajstić information content (AvgIpc) is 3.03. The molecule has 5 nitrogen and oxygen atoms in total. The third kappa shape index (κ3) is 2.56. The van der Waals surface area contributed by atoms with Gasteiger partial charge in [0, 0.05) is 30.0 Å². The van der Waals surface area contributed by atoms with E-state index in [0.29, 0.717) is 5.69 Å². The van der Waals surface area contributed by atoms with Crippen molar-refractivity contribution < 1.29 is 4.79 Å². The summed E-state index contributed by atoms with van der Waals surface area (Å²) in [5, 5.41) is 2.80. The molecular weight excluding hydrogens is 252 g/mol. The van der Waals surface area contributed by atoms with Crippen LogP contribution in [0.25, 0.3) is 5.69 Å². The van der Waals surface area contributed by atoms with Gasteiger partial charge in [0.05, 0.1) is 6.33 Å². The number of imidazole rings is 1. The highest BCUT2D eigenvalue weighted by Gasteiger charge is 2.06. The minimum absolute atomic E-state index is 0.221. The highest BCUT2D eigenvalue weighted by molar-refractivity contribution is 6.02. The summed E-state index contributed by atoms with van der Waals surface area (Å²) in [5.74, 6) is -0.221. The van der Waals surface area contributed by atoms with Gasteiger partial charge in [-0.3, -0.25) is 9.78 Å². The smallest absolute Gasteiger partial charge is 0.274 e. The summed E-state index contributed by atoms with van der Waals surface area (Å²) in [7, 11) is 0. The predicted molar refractivity (Wildman–Crippen MR) is 75.8 cm³/mol. The lowest BCUT2D eigenvalue weighted by molar-refractivity contribution is 0.102. The largest absolute Gasteiger partial charge is 0.321 e. The molecule has 0 fully saturated rings. The van der Waals surface area contributed by atoms with Crippen molar-refractivity contribution in [1.29, 1.82) is 0 Å². The van der Waals surface area contributed by atoms with Crippen LogP contribution in [0.15, 0.2) is 67.4 Å². The Morgan fingerprint density at radius 3 is 2.55 bits per heavy atom. The van der Waals surface area contributed by atoms with E-state index < -0.39 is 0 Å². The first kappa shape index (κ1) is 12.1. The molecule has 0 saturated heterocycles. The van der Waals surface area contributed by atoms with Crippen LogP contribution in [0.3, 0.4) is 0 Å². The van der Waals surface area contributed by atoms with Crippen molar-refractivity contribution in [1.82, 2.24) is 14.5 Å². The fourth-order valence-electron chi connectivity index (χ4n) is 1.82. The number of hydrogen-bond acceptors (Lipinski definition) is 3. The molecule has 0 aliphatic carbocycles. The maximum Gasteiger partial charge on any atom is 0.274 e. The molecular formula is C15H12N4O. The average molecular weight is 264 g/mol. The van der Waals surface area contributed by atoms with E-state index in [1.165, 1.54) is 0 Å². The molecule has 0 spiro atoms. The van der Waals surface area contributed by atoms with Crippen LogP contribution in [0.2, 0.25) is 0 Å². The number of carbonyl (C=O) groups is 1. The summed E-state index contributed by atoms with van der Waals surface area (Å²) >= 11 is 0. The molecule has 0 saturated carbocycles. The van der Waals surface area contributed by atoms with E-state index in [0.717, 1.165) is 11.4 Å². The maximum absolute atomic E-state index is 11.9. The van der Waals surface area contributed by atoms with Crippen LogP contribution in [0.5, 0.6) is 0 Å². The molecule has 1 N–H and O–H groups in total. The molecule has 1 amide bonds. The third-order valence-corrected chi connectivity index (χ3v) is 2.83. The van der Waals surface area contributed by atoms with E-state index in [2.05, 4.69) is 15.3 Å². The normalized spacial score (nSPS) is 10.2. The molecule has 0 atom stereocenters. The van der Waals surface area contributed by atoms with Crippen molar-refractivity contribution in [2.45, 2.75) is 0 Å². The van der Waals surface area contributed by atoms with Gasteiger partial charge in [0.15, 0.2) is 0 Å². The molecule has 0 bridgehead atoms. The Morgan fingerprint density at radius 1 is 1.05 bits per heavy atom. The second kappa shape index (κ2) is 5.36. The molecule has 20 heavy (non-hydrogen) atoms. The van der Waals surface area contributed by atoms with Crippen LogP contribution < -0.4 is 5.32 Å². The lowest BCUT2D eigenvalue weighted by Gasteiger charge is -2.06. The van der Waals surface area contributed by atoms with Gasteiger partial charge in [-0.25, -0.2) is 4.98 Å². The van der Waals surface area contributed by atoms with E-state index in [1.54, 1.807) is 36.9 Å². The van der Waals surface area contributed by atoms with Crippen molar-refractivity contribution in [2.24, 2.45) is 0 Å². The van der Waals surface area contributed by atoms with Crippen molar-refractivity contribution in [2.75, 3.05) is 5.32 Å². The van der Waals surface area contributed by atoms with Crippen LogP contribution >= 0.6 is 0 Å². The van der Waals surface area contributed by atoms with Gasteiger partial charge in [-0.2, -0.15) is 0 Å². The Morgan fingerprint density at radius 2 is 1.90 bits per heavy atom. The molecule has 2 aromatic heterocycles. The summed E-state index contributed by atoms with van der Waals surface area (Å²) in [6.07, 6.45) is 6.90. The molecule has 0 aliphatic rings. The van der Waals surface area contributed by atoms with Crippen LogP contribution in [0, 0.1) is 0 Å². The standard InChI is InChI=1S/C15H12N4O/c20-15(14-3-1-2-8-17-14)18-12-4-6-13(7-5-12)19-10-9-16-11-19/h1-11H,(H,18,20). The number of hydrogen-bond donors (Lipinski definition) is 1. The molecule has 3 rings (SSSR count). The fourth-order valence-corrected chi connectivity index (χ4v) is 1.82. The Hall–Kier alpha value is -2.95. The van der Waals surface area contributed by atoms with Gasteiger partial charge in [0.1, 0.15) is 5.69 Å². The zero-order chi connectivity index (χ0) is 13.8. The monoisotopic (exact) mass is 264 g/mol. The number of benzene rings is 1. The zero-order valence-electron chi connectivity index (χ0n) is 10.6. The molecule has 0 unspecified atom stereocenters. The van der Waals surface area contributed by atoms with Crippen molar-refractivity contribution >= 4 is 11.6 Å². The van der Waals surface area contributed by atoms with Crippen molar-refractivity contribution in [3.63, 3.8) is 0 Å². The molecule has 3 aromatic rings. The zero-order valence-corrected chi connectivity index (χ0v) is 10.6. The number of nitrogens with one attached hydrogen (secondary N) is 1. The highest BCUT2D eigenvalue weighted by Crippen LogP contribution is 2.13. The topological polar surface area (TPSA) is 59.8 Å². The quantitative estimate of drug-likeness (QED) is 0.790. The Kier molecular flexibility index (Phi) is 3.24. The van der Waals surface area contributed by atoms with Gasteiger partial charge in [-0.15, -0.1) is 0 Å². The highest BCUT2D eigenvalue weighted by atomic mass is 16.1. The minimum Gasteiger partial charge on any atom is -0.321 e. The second-order valence-electron chi connectivity index (χ2n) is 4.19. The molecule has 0 aliphatic heterocycles. The van der Waals surface area contributed by atoms with E-state index in [1.807, 2.05) is 35.0 Å². The van der Waals surface area contributed by atoms with Gasteiger partial charge < -0.3 is 9.88 Å². The van der Waals surface area contributed by atoms with Gasteiger partial charge in [-0.05, 0) is 36.4 Å². The molecule has 2 heterocycles. The van der Waals surface area contributed by atoms with Gasteiger partial charge >= 0.3 is 0 Å². The van der Waals surface area contributed by atoms with E-state index in [-0.39, 0.29) is 5.91 Å². The Balaban J connectivity index is 1.74. The van der Waals surface area contributed by atoms with Crippen LogP contribution in [0.1, 0.15) is 10.5 Å². The number of nitrogens with zero attached hydrogens (tertiary/aromatic N) is 3. The SMILES string of the molecule is O=C(Nc1ccc(-n2ccnc2)cc1)c1ccccn1. The van der Waals surface area contributed by atoms with Gasteiger partial charge in [0.25, 0.3) is 5.91 Å². The summed E-state index contributed by atoms with van der Waals surface area (Å²) in [4.78, 5) is 19.9. The van der Waals surface area contributed by atoms with Crippen LogP contribution in [-0.4, -0.2) is 20.4 Å². The first-order valence-electron chi connectivity index (χ1n) is 6.14. The maximum atomic E-state index is 11.9. The molecule has 98 valence electrons. The van der Waals surface area contributed by atoms with E-state index in [4.69, 9.17) is 0 Å². The summed E-state index contributed by atoms with van der Waals surface area (Å²) < 4.78 is 1.89. The third-order valence-electron chi connectivity index (χ3n) is 2.83. The molecule has 1 aromatic carbocycles.